The summed E-state index contributed by atoms with van der Waals surface area (Å²) in [5.74, 6) is -0.274. The van der Waals surface area contributed by atoms with Gasteiger partial charge in [-0.25, -0.2) is 4.98 Å². The fourth-order valence-corrected chi connectivity index (χ4v) is 2.25. The van der Waals surface area contributed by atoms with E-state index in [4.69, 9.17) is 0 Å². The van der Waals surface area contributed by atoms with Crippen LogP contribution in [0.2, 0.25) is 0 Å². The molecule has 8 heteroatoms. The molecule has 0 saturated carbocycles. The average Bonchev–Trinajstić information content (AvgIpc) is 3.05. The molecule has 0 bridgehead atoms. The van der Waals surface area contributed by atoms with Crippen LogP contribution in [0.5, 0.6) is 0 Å². The number of nitro groups is 1. The highest BCUT2D eigenvalue weighted by atomic mass is 32.1. The molecule has 2 aromatic heterocycles. The molecule has 0 aliphatic carbocycles. The van der Waals surface area contributed by atoms with E-state index in [2.05, 4.69) is 10.3 Å². The van der Waals surface area contributed by atoms with Gasteiger partial charge in [0.05, 0.1) is 16.1 Å². The highest BCUT2D eigenvalue weighted by molar-refractivity contribution is 7.17. The van der Waals surface area contributed by atoms with Crippen LogP contribution >= 0.6 is 11.3 Å². The lowest BCUT2D eigenvalue weighted by molar-refractivity contribution is -0.380. The number of imidazole rings is 1. The number of carbonyl (C=O) groups excluding carboxylic acids is 1. The van der Waals surface area contributed by atoms with Crippen LogP contribution in [0.3, 0.4) is 0 Å². The van der Waals surface area contributed by atoms with Gasteiger partial charge in [0.2, 0.25) is 0 Å². The average molecular weight is 280 g/mol. The van der Waals surface area contributed by atoms with Crippen LogP contribution in [0.4, 0.5) is 5.00 Å². The number of hydrogen-bond donors (Lipinski definition) is 1. The number of nitrogens with zero attached hydrogens (tertiary/aromatic N) is 3. The number of hydrogen-bond acceptors (Lipinski definition) is 5. The Morgan fingerprint density at radius 3 is 3.00 bits per heavy atom. The Kier molecular flexibility index (Phi) is 4.24. The lowest BCUT2D eigenvalue weighted by Gasteiger charge is -2.03. The number of carbonyl (C=O) groups is 1. The van der Waals surface area contributed by atoms with Crippen molar-refractivity contribution in [1.82, 2.24) is 14.9 Å². The zero-order chi connectivity index (χ0) is 13.7. The lowest BCUT2D eigenvalue weighted by Crippen LogP contribution is -2.24. The van der Waals surface area contributed by atoms with Gasteiger partial charge in [-0.3, -0.25) is 14.9 Å². The van der Waals surface area contributed by atoms with E-state index < -0.39 is 4.92 Å². The molecule has 100 valence electrons. The van der Waals surface area contributed by atoms with Crippen LogP contribution in [0.1, 0.15) is 16.1 Å². The molecule has 2 heterocycles. The molecule has 0 aromatic carbocycles. The van der Waals surface area contributed by atoms with Crippen LogP contribution in [0.25, 0.3) is 0 Å². The first-order valence-corrected chi connectivity index (χ1v) is 6.46. The molecule has 0 aliphatic rings. The number of aryl methyl sites for hydroxylation is 1. The van der Waals surface area contributed by atoms with Gasteiger partial charge in [-0.2, -0.15) is 0 Å². The molecule has 1 N–H and O–H groups in total. The van der Waals surface area contributed by atoms with E-state index in [0.29, 0.717) is 11.4 Å². The van der Waals surface area contributed by atoms with Gasteiger partial charge in [-0.15, -0.1) is 0 Å². The van der Waals surface area contributed by atoms with Crippen LogP contribution in [-0.2, 0) is 6.54 Å². The number of aromatic nitrogens is 2. The van der Waals surface area contributed by atoms with E-state index in [9.17, 15) is 14.9 Å². The Labute approximate surface area is 113 Å². The Morgan fingerprint density at radius 2 is 2.37 bits per heavy atom. The van der Waals surface area contributed by atoms with Gasteiger partial charge < -0.3 is 9.88 Å². The molecule has 19 heavy (non-hydrogen) atoms. The molecule has 0 saturated heterocycles. The second-order valence-electron chi connectivity index (χ2n) is 3.80. The molecule has 7 nitrogen and oxygen atoms in total. The first-order chi connectivity index (χ1) is 9.16. The summed E-state index contributed by atoms with van der Waals surface area (Å²) in [7, 11) is 0. The van der Waals surface area contributed by atoms with Crippen molar-refractivity contribution in [2.75, 3.05) is 6.54 Å². The van der Waals surface area contributed by atoms with Gasteiger partial charge in [0.15, 0.2) is 0 Å². The summed E-state index contributed by atoms with van der Waals surface area (Å²) in [6, 6.07) is 2.80. The second-order valence-corrected chi connectivity index (χ2v) is 4.87. The molecule has 0 aliphatic heterocycles. The summed E-state index contributed by atoms with van der Waals surface area (Å²) in [6.07, 6.45) is 6.04. The van der Waals surface area contributed by atoms with E-state index >= 15 is 0 Å². The first-order valence-electron chi connectivity index (χ1n) is 5.65. The Morgan fingerprint density at radius 1 is 1.53 bits per heavy atom. The zero-order valence-corrected chi connectivity index (χ0v) is 10.8. The molecule has 0 radical (unpaired) electrons. The number of thiophene rings is 1. The smallest absolute Gasteiger partial charge is 0.324 e. The van der Waals surface area contributed by atoms with Crippen LogP contribution < -0.4 is 5.32 Å². The Balaban J connectivity index is 1.76. The van der Waals surface area contributed by atoms with Gasteiger partial charge in [0.1, 0.15) is 0 Å². The zero-order valence-electron chi connectivity index (χ0n) is 9.98. The van der Waals surface area contributed by atoms with Gasteiger partial charge >= 0.3 is 5.00 Å². The maximum atomic E-state index is 11.7. The second kappa shape index (κ2) is 6.10. The number of rotatable bonds is 6. The Hall–Kier alpha value is -2.22. The molecule has 2 aromatic rings. The third-order valence-corrected chi connectivity index (χ3v) is 3.47. The van der Waals surface area contributed by atoms with Crippen molar-refractivity contribution in [2.24, 2.45) is 0 Å². The molecule has 0 fully saturated rings. The molecule has 0 spiro atoms. The third-order valence-electron chi connectivity index (χ3n) is 2.43. The van der Waals surface area contributed by atoms with Gasteiger partial charge in [0, 0.05) is 31.5 Å². The standard InChI is InChI=1S/C11H12N4O3S/c16-11(9-2-3-10(19-9)15(17)18)13-4-1-6-14-7-5-12-8-14/h2-3,5,7-8H,1,4,6H2,(H,13,16). The van der Waals surface area contributed by atoms with Gasteiger partial charge in [-0.1, -0.05) is 11.3 Å². The van der Waals surface area contributed by atoms with Crippen LogP contribution in [0.15, 0.2) is 30.9 Å². The summed E-state index contributed by atoms with van der Waals surface area (Å²) in [5, 5.41) is 13.2. The third kappa shape index (κ3) is 3.62. The van der Waals surface area contributed by atoms with E-state index in [0.717, 1.165) is 24.3 Å². The quantitative estimate of drug-likeness (QED) is 0.495. The summed E-state index contributed by atoms with van der Waals surface area (Å²) in [5.41, 5.74) is 0. The van der Waals surface area contributed by atoms with Crippen molar-refractivity contribution in [3.05, 3.63) is 45.8 Å². The number of amides is 1. The summed E-state index contributed by atoms with van der Waals surface area (Å²) in [6.45, 7) is 1.29. The highest BCUT2D eigenvalue weighted by Gasteiger charge is 2.14. The van der Waals surface area contributed by atoms with Gasteiger partial charge in [0.25, 0.3) is 5.91 Å². The molecule has 2 rings (SSSR count). The largest absolute Gasteiger partial charge is 0.351 e. The molecule has 1 amide bonds. The van der Waals surface area contributed by atoms with Crippen molar-refractivity contribution in [1.29, 1.82) is 0 Å². The van der Waals surface area contributed by atoms with E-state index in [1.165, 1.54) is 12.1 Å². The van der Waals surface area contributed by atoms with E-state index in [1.54, 1.807) is 12.5 Å². The fraction of sp³-hybridized carbons (Fsp3) is 0.273. The molecule has 0 atom stereocenters. The van der Waals surface area contributed by atoms with Gasteiger partial charge in [-0.05, 0) is 12.5 Å². The summed E-state index contributed by atoms with van der Waals surface area (Å²) in [4.78, 5) is 26.0. The van der Waals surface area contributed by atoms with E-state index in [-0.39, 0.29) is 10.9 Å². The molecular weight excluding hydrogens is 268 g/mol. The van der Waals surface area contributed by atoms with Crippen molar-refractivity contribution in [3.8, 4) is 0 Å². The minimum atomic E-state index is -0.500. The Bertz CT molecular complexity index is 564. The fourth-order valence-electron chi connectivity index (χ4n) is 1.52. The highest BCUT2D eigenvalue weighted by Crippen LogP contribution is 2.23. The maximum Gasteiger partial charge on any atom is 0.324 e. The predicted octanol–water partition coefficient (Wildman–Crippen LogP) is 1.67. The summed E-state index contributed by atoms with van der Waals surface area (Å²) < 4.78 is 1.92. The number of nitrogens with one attached hydrogen (secondary N) is 1. The van der Waals surface area contributed by atoms with Crippen LogP contribution in [0, 0.1) is 10.1 Å². The topological polar surface area (TPSA) is 90.1 Å². The van der Waals surface area contributed by atoms with Crippen molar-refractivity contribution >= 4 is 22.2 Å². The minimum Gasteiger partial charge on any atom is -0.351 e. The lowest BCUT2D eigenvalue weighted by atomic mass is 10.4. The normalized spacial score (nSPS) is 10.3. The minimum absolute atomic E-state index is 0.0245. The van der Waals surface area contributed by atoms with Crippen LogP contribution in [-0.4, -0.2) is 26.9 Å². The maximum absolute atomic E-state index is 11.7. The monoisotopic (exact) mass is 280 g/mol. The summed E-state index contributed by atoms with van der Waals surface area (Å²) >= 11 is 0.879. The molecular formula is C11H12N4O3S. The predicted molar refractivity (Wildman–Crippen MR) is 70.2 cm³/mol. The SMILES string of the molecule is O=C(NCCCn1ccnc1)c1ccc([N+](=O)[O-])s1. The first kappa shape index (κ1) is 13.2. The van der Waals surface area contributed by atoms with Crippen molar-refractivity contribution in [3.63, 3.8) is 0 Å². The molecule has 0 unspecified atom stereocenters. The van der Waals surface area contributed by atoms with Crippen molar-refractivity contribution in [2.45, 2.75) is 13.0 Å². The van der Waals surface area contributed by atoms with E-state index in [1.807, 2.05) is 10.8 Å². The van der Waals surface area contributed by atoms with Crippen molar-refractivity contribution < 1.29 is 9.72 Å².